The first-order valence-electron chi connectivity index (χ1n) is 8.81. The first-order valence-corrected chi connectivity index (χ1v) is 8.81. The van der Waals surface area contributed by atoms with Gasteiger partial charge in [-0.3, -0.25) is 9.69 Å². The van der Waals surface area contributed by atoms with Gasteiger partial charge in [0.15, 0.2) is 0 Å². The first-order chi connectivity index (χ1) is 10.5. The molecule has 1 amide bonds. The molecule has 1 saturated carbocycles. The van der Waals surface area contributed by atoms with E-state index in [1.54, 1.807) is 7.11 Å². The van der Waals surface area contributed by atoms with Crippen LogP contribution in [0.2, 0.25) is 0 Å². The number of ether oxygens (including phenoxy) is 1. The van der Waals surface area contributed by atoms with E-state index in [1.807, 2.05) is 0 Å². The highest BCUT2D eigenvalue weighted by molar-refractivity contribution is 5.85. The van der Waals surface area contributed by atoms with E-state index in [4.69, 9.17) is 10.5 Å². The largest absolute Gasteiger partial charge is 0.381 e. The number of halogens is 1. The molecule has 2 fully saturated rings. The maximum atomic E-state index is 12.4. The molecule has 6 heteroatoms. The lowest BCUT2D eigenvalue weighted by atomic mass is 9.78. The van der Waals surface area contributed by atoms with Crippen molar-refractivity contribution in [2.45, 2.75) is 64.1 Å². The number of nitrogens with two attached hydrogens (primary N) is 1. The highest BCUT2D eigenvalue weighted by Crippen LogP contribution is 2.29. The van der Waals surface area contributed by atoms with Crippen LogP contribution in [0, 0.1) is 11.8 Å². The van der Waals surface area contributed by atoms with Crippen molar-refractivity contribution >= 4 is 18.3 Å². The van der Waals surface area contributed by atoms with Crippen molar-refractivity contribution in [3.05, 3.63) is 0 Å². The SMILES string of the molecule is COC1CCN(CC(=O)NC2CCCC(C)C2C)C(CN)C1.Cl. The number of nitrogens with zero attached hydrogens (tertiary/aromatic N) is 1. The third-order valence-corrected chi connectivity index (χ3v) is 5.79. The molecular formula is C17H34ClN3O2. The zero-order valence-corrected chi connectivity index (χ0v) is 15.6. The number of hydrogen-bond donors (Lipinski definition) is 2. The van der Waals surface area contributed by atoms with Gasteiger partial charge in [-0.25, -0.2) is 0 Å². The van der Waals surface area contributed by atoms with Crippen LogP contribution in [0.4, 0.5) is 0 Å². The van der Waals surface area contributed by atoms with Gasteiger partial charge < -0.3 is 15.8 Å². The van der Waals surface area contributed by atoms with E-state index in [0.717, 1.165) is 25.8 Å². The van der Waals surface area contributed by atoms with Gasteiger partial charge in [0, 0.05) is 32.3 Å². The number of likely N-dealkylation sites (tertiary alicyclic amines) is 1. The molecule has 5 unspecified atom stereocenters. The van der Waals surface area contributed by atoms with Gasteiger partial charge in [-0.2, -0.15) is 0 Å². The second-order valence-electron chi connectivity index (χ2n) is 7.18. The minimum absolute atomic E-state index is 0. The van der Waals surface area contributed by atoms with Crippen LogP contribution >= 0.6 is 12.4 Å². The Balaban J connectivity index is 0.00000264. The summed E-state index contributed by atoms with van der Waals surface area (Å²) in [6.07, 6.45) is 5.82. The Bertz CT molecular complexity index is 370. The van der Waals surface area contributed by atoms with Crippen LogP contribution in [-0.4, -0.2) is 55.7 Å². The minimum Gasteiger partial charge on any atom is -0.381 e. The molecule has 2 aliphatic rings. The van der Waals surface area contributed by atoms with E-state index < -0.39 is 0 Å². The fourth-order valence-electron chi connectivity index (χ4n) is 3.95. The molecule has 0 bridgehead atoms. The first kappa shape index (κ1) is 20.7. The summed E-state index contributed by atoms with van der Waals surface area (Å²) in [5, 5.41) is 3.26. The Morgan fingerprint density at radius 1 is 1.30 bits per heavy atom. The Hall–Kier alpha value is -0.360. The van der Waals surface area contributed by atoms with Crippen molar-refractivity contribution in [3.8, 4) is 0 Å². The Labute approximate surface area is 147 Å². The molecule has 1 saturated heterocycles. The van der Waals surface area contributed by atoms with E-state index in [9.17, 15) is 4.79 Å². The third kappa shape index (κ3) is 5.59. The fourth-order valence-corrected chi connectivity index (χ4v) is 3.95. The van der Waals surface area contributed by atoms with E-state index in [1.165, 1.54) is 12.8 Å². The molecule has 5 nitrogen and oxygen atoms in total. The van der Waals surface area contributed by atoms with Crippen LogP contribution in [0.1, 0.15) is 46.0 Å². The number of rotatable bonds is 5. The van der Waals surface area contributed by atoms with Crippen molar-refractivity contribution in [1.82, 2.24) is 10.2 Å². The molecular weight excluding hydrogens is 314 g/mol. The van der Waals surface area contributed by atoms with Crippen molar-refractivity contribution < 1.29 is 9.53 Å². The zero-order chi connectivity index (χ0) is 16.1. The normalized spacial score (nSPS) is 35.4. The Morgan fingerprint density at radius 2 is 2.04 bits per heavy atom. The maximum Gasteiger partial charge on any atom is 0.234 e. The smallest absolute Gasteiger partial charge is 0.234 e. The van der Waals surface area contributed by atoms with Crippen LogP contribution in [0.5, 0.6) is 0 Å². The lowest BCUT2D eigenvalue weighted by molar-refractivity contribution is -0.125. The van der Waals surface area contributed by atoms with Crippen LogP contribution in [0.25, 0.3) is 0 Å². The molecule has 23 heavy (non-hydrogen) atoms. The van der Waals surface area contributed by atoms with Crippen LogP contribution in [0.3, 0.4) is 0 Å². The lowest BCUT2D eigenvalue weighted by Gasteiger charge is -2.39. The quantitative estimate of drug-likeness (QED) is 0.795. The molecule has 2 rings (SSSR count). The summed E-state index contributed by atoms with van der Waals surface area (Å²) in [5.41, 5.74) is 5.88. The number of carbonyl (C=O) groups is 1. The van der Waals surface area contributed by atoms with Gasteiger partial charge in [0.05, 0.1) is 12.6 Å². The Morgan fingerprint density at radius 3 is 2.70 bits per heavy atom. The molecule has 3 N–H and O–H groups in total. The topological polar surface area (TPSA) is 67.6 Å². The molecule has 0 aromatic carbocycles. The molecule has 136 valence electrons. The predicted molar refractivity (Wildman–Crippen MR) is 95.8 cm³/mol. The molecule has 5 atom stereocenters. The van der Waals surface area contributed by atoms with Crippen molar-refractivity contribution in [1.29, 1.82) is 0 Å². The molecule has 0 aromatic heterocycles. The van der Waals surface area contributed by atoms with Gasteiger partial charge in [0.25, 0.3) is 0 Å². The summed E-state index contributed by atoms with van der Waals surface area (Å²) in [6, 6.07) is 0.594. The highest BCUT2D eigenvalue weighted by Gasteiger charge is 2.31. The van der Waals surface area contributed by atoms with E-state index in [2.05, 4.69) is 24.1 Å². The minimum atomic E-state index is 0. The van der Waals surface area contributed by atoms with Crippen LogP contribution in [0.15, 0.2) is 0 Å². The van der Waals surface area contributed by atoms with Gasteiger partial charge >= 0.3 is 0 Å². The standard InChI is InChI=1S/C17H33N3O2.ClH/c1-12-5-4-6-16(13(12)2)19-17(21)11-20-8-7-15(22-3)9-14(20)10-18;/h12-16H,4-11,18H2,1-3H3,(H,19,21);1H. The van der Waals surface area contributed by atoms with Gasteiger partial charge in [-0.05, 0) is 31.1 Å². The Kier molecular flexibility index (Phi) is 8.83. The van der Waals surface area contributed by atoms with E-state index >= 15 is 0 Å². The molecule has 1 aliphatic heterocycles. The van der Waals surface area contributed by atoms with Gasteiger partial charge in [-0.1, -0.05) is 26.7 Å². The number of methoxy groups -OCH3 is 1. The molecule has 0 aromatic rings. The zero-order valence-electron chi connectivity index (χ0n) is 14.8. The summed E-state index contributed by atoms with van der Waals surface area (Å²) >= 11 is 0. The molecule has 1 aliphatic carbocycles. The average molecular weight is 348 g/mol. The van der Waals surface area contributed by atoms with Crippen molar-refractivity contribution in [2.75, 3.05) is 26.7 Å². The van der Waals surface area contributed by atoms with E-state index in [0.29, 0.717) is 31.0 Å². The van der Waals surface area contributed by atoms with Crippen molar-refractivity contribution in [2.24, 2.45) is 17.6 Å². The predicted octanol–water partition coefficient (Wildman–Crippen LogP) is 1.79. The van der Waals surface area contributed by atoms with E-state index in [-0.39, 0.29) is 30.5 Å². The second kappa shape index (κ2) is 9.82. The lowest BCUT2D eigenvalue weighted by Crippen LogP contribution is -2.53. The van der Waals surface area contributed by atoms with Gasteiger partial charge in [-0.15, -0.1) is 12.4 Å². The number of amides is 1. The molecule has 1 heterocycles. The summed E-state index contributed by atoms with van der Waals surface area (Å²) in [7, 11) is 1.76. The second-order valence-corrected chi connectivity index (χ2v) is 7.18. The van der Waals surface area contributed by atoms with Gasteiger partial charge in [0.1, 0.15) is 0 Å². The van der Waals surface area contributed by atoms with Crippen LogP contribution in [-0.2, 0) is 9.53 Å². The molecule has 0 spiro atoms. The number of nitrogens with one attached hydrogen (secondary N) is 1. The molecule has 0 radical (unpaired) electrons. The highest BCUT2D eigenvalue weighted by atomic mass is 35.5. The van der Waals surface area contributed by atoms with Crippen molar-refractivity contribution in [3.63, 3.8) is 0 Å². The summed E-state index contributed by atoms with van der Waals surface area (Å²) in [6.45, 7) is 6.51. The monoisotopic (exact) mass is 347 g/mol. The summed E-state index contributed by atoms with van der Waals surface area (Å²) in [5.74, 6) is 1.43. The third-order valence-electron chi connectivity index (χ3n) is 5.79. The number of carbonyl (C=O) groups excluding carboxylic acids is 1. The summed E-state index contributed by atoms with van der Waals surface area (Å²) < 4.78 is 5.44. The number of piperidine rings is 1. The van der Waals surface area contributed by atoms with Gasteiger partial charge in [0.2, 0.25) is 5.91 Å². The fraction of sp³-hybridized carbons (Fsp3) is 0.941. The summed E-state index contributed by atoms with van der Waals surface area (Å²) in [4.78, 5) is 14.6. The average Bonchev–Trinajstić information content (AvgIpc) is 2.52. The maximum absolute atomic E-state index is 12.4. The van der Waals surface area contributed by atoms with Crippen LogP contribution < -0.4 is 11.1 Å². The number of hydrogen-bond acceptors (Lipinski definition) is 4.